The second kappa shape index (κ2) is 4.13. The molecule has 1 fully saturated rings. The Balaban J connectivity index is 2.16. The minimum absolute atomic E-state index is 0.114. The fourth-order valence-electron chi connectivity index (χ4n) is 1.19. The second-order valence-electron chi connectivity index (χ2n) is 3.50. The smallest absolute Gasteiger partial charge is 0.311 e. The topological polar surface area (TPSA) is 106 Å². The van der Waals surface area contributed by atoms with Crippen molar-refractivity contribution in [2.24, 2.45) is 10.7 Å². The Hall–Kier alpha value is -2.18. The predicted octanol–water partition coefficient (Wildman–Crippen LogP) is 0.879. The number of nitro groups is 1. The van der Waals surface area contributed by atoms with E-state index in [1.807, 2.05) is 0 Å². The van der Waals surface area contributed by atoms with Crippen molar-refractivity contribution < 1.29 is 4.92 Å². The molecule has 16 heavy (non-hydrogen) atoms. The van der Waals surface area contributed by atoms with E-state index >= 15 is 0 Å². The van der Waals surface area contributed by atoms with E-state index in [0.717, 1.165) is 12.8 Å². The SMILES string of the molecule is NC(=NC1CC1)Nc1ncccc1[N+](=O)[O-]. The minimum atomic E-state index is -0.514. The van der Waals surface area contributed by atoms with E-state index in [1.165, 1.54) is 18.3 Å². The molecular formula is C9H11N5O2. The van der Waals surface area contributed by atoms with Crippen LogP contribution in [0.1, 0.15) is 12.8 Å². The van der Waals surface area contributed by atoms with Crippen LogP contribution in [0.3, 0.4) is 0 Å². The van der Waals surface area contributed by atoms with Crippen LogP contribution in [-0.2, 0) is 0 Å². The summed E-state index contributed by atoms with van der Waals surface area (Å²) < 4.78 is 0. The Morgan fingerprint density at radius 2 is 2.44 bits per heavy atom. The quantitative estimate of drug-likeness (QED) is 0.341. The molecule has 2 rings (SSSR count). The maximum absolute atomic E-state index is 10.7. The van der Waals surface area contributed by atoms with E-state index in [2.05, 4.69) is 15.3 Å². The molecular weight excluding hydrogens is 210 g/mol. The van der Waals surface area contributed by atoms with Crippen LogP contribution in [0.5, 0.6) is 0 Å². The van der Waals surface area contributed by atoms with Crippen LogP contribution in [0, 0.1) is 10.1 Å². The Morgan fingerprint density at radius 1 is 1.69 bits per heavy atom. The van der Waals surface area contributed by atoms with Crippen molar-refractivity contribution in [3.05, 3.63) is 28.4 Å². The van der Waals surface area contributed by atoms with Crippen LogP contribution in [0.2, 0.25) is 0 Å². The van der Waals surface area contributed by atoms with E-state index in [-0.39, 0.29) is 23.5 Å². The van der Waals surface area contributed by atoms with Crippen molar-refractivity contribution in [1.82, 2.24) is 4.98 Å². The molecule has 3 N–H and O–H groups in total. The van der Waals surface area contributed by atoms with Gasteiger partial charge in [0, 0.05) is 12.3 Å². The first-order chi connectivity index (χ1) is 7.66. The molecule has 1 aromatic heterocycles. The van der Waals surface area contributed by atoms with Crippen molar-refractivity contribution in [3.63, 3.8) is 0 Å². The lowest BCUT2D eigenvalue weighted by Crippen LogP contribution is -2.24. The van der Waals surface area contributed by atoms with Gasteiger partial charge in [-0.3, -0.25) is 10.1 Å². The third-order valence-electron chi connectivity index (χ3n) is 2.10. The van der Waals surface area contributed by atoms with Gasteiger partial charge in [-0.15, -0.1) is 0 Å². The first-order valence-electron chi connectivity index (χ1n) is 4.86. The molecule has 0 aliphatic heterocycles. The number of nitrogens with zero attached hydrogens (tertiary/aromatic N) is 3. The zero-order valence-electron chi connectivity index (χ0n) is 8.46. The molecule has 84 valence electrons. The lowest BCUT2D eigenvalue weighted by atomic mass is 10.4. The van der Waals surface area contributed by atoms with E-state index < -0.39 is 4.92 Å². The first kappa shape index (κ1) is 10.3. The van der Waals surface area contributed by atoms with Crippen molar-refractivity contribution in [1.29, 1.82) is 0 Å². The van der Waals surface area contributed by atoms with Gasteiger partial charge in [0.25, 0.3) is 0 Å². The molecule has 1 aliphatic rings. The van der Waals surface area contributed by atoms with Gasteiger partial charge in [-0.2, -0.15) is 0 Å². The molecule has 0 saturated heterocycles. The van der Waals surface area contributed by atoms with Gasteiger partial charge in [-0.1, -0.05) is 0 Å². The summed E-state index contributed by atoms with van der Waals surface area (Å²) in [5.74, 6) is 0.290. The summed E-state index contributed by atoms with van der Waals surface area (Å²) in [5.41, 5.74) is 5.48. The van der Waals surface area contributed by atoms with E-state index in [9.17, 15) is 10.1 Å². The van der Waals surface area contributed by atoms with Crippen molar-refractivity contribution >= 4 is 17.5 Å². The van der Waals surface area contributed by atoms with E-state index in [0.29, 0.717) is 0 Å². The number of hydrogen-bond donors (Lipinski definition) is 2. The molecule has 7 heteroatoms. The summed E-state index contributed by atoms with van der Waals surface area (Å²) in [7, 11) is 0. The van der Waals surface area contributed by atoms with Gasteiger partial charge in [0.15, 0.2) is 5.96 Å². The van der Waals surface area contributed by atoms with Crippen LogP contribution in [0.15, 0.2) is 23.3 Å². The molecule has 1 heterocycles. The van der Waals surface area contributed by atoms with Gasteiger partial charge < -0.3 is 11.1 Å². The Kier molecular flexibility index (Phi) is 2.67. The highest BCUT2D eigenvalue weighted by molar-refractivity contribution is 5.93. The third kappa shape index (κ3) is 2.44. The molecule has 1 saturated carbocycles. The Bertz CT molecular complexity index is 441. The van der Waals surface area contributed by atoms with E-state index in [4.69, 9.17) is 5.73 Å². The summed E-state index contributed by atoms with van der Waals surface area (Å²) in [6.45, 7) is 0. The highest BCUT2D eigenvalue weighted by atomic mass is 16.6. The third-order valence-corrected chi connectivity index (χ3v) is 2.10. The molecule has 0 radical (unpaired) electrons. The molecule has 1 aliphatic carbocycles. The van der Waals surface area contributed by atoms with Gasteiger partial charge in [-0.05, 0) is 18.9 Å². The number of nitrogens with two attached hydrogens (primary N) is 1. The summed E-state index contributed by atoms with van der Waals surface area (Å²) in [6.07, 6.45) is 3.50. The van der Waals surface area contributed by atoms with Crippen LogP contribution in [-0.4, -0.2) is 21.9 Å². The summed E-state index contributed by atoms with van der Waals surface area (Å²) in [5, 5.41) is 13.3. The molecule has 0 unspecified atom stereocenters. The second-order valence-corrected chi connectivity index (χ2v) is 3.50. The van der Waals surface area contributed by atoms with Crippen LogP contribution < -0.4 is 11.1 Å². The number of rotatable bonds is 3. The number of guanidine groups is 1. The largest absolute Gasteiger partial charge is 0.370 e. The highest BCUT2D eigenvalue weighted by Gasteiger charge is 2.21. The van der Waals surface area contributed by atoms with Crippen LogP contribution >= 0.6 is 0 Å². The Labute approximate surface area is 91.5 Å². The number of hydrogen-bond acceptors (Lipinski definition) is 4. The summed E-state index contributed by atoms with van der Waals surface area (Å²) in [6, 6.07) is 3.12. The minimum Gasteiger partial charge on any atom is -0.370 e. The number of aromatic nitrogens is 1. The van der Waals surface area contributed by atoms with E-state index in [1.54, 1.807) is 0 Å². The van der Waals surface area contributed by atoms with Gasteiger partial charge in [0.05, 0.1) is 11.0 Å². The normalized spacial score (nSPS) is 15.9. The fraction of sp³-hybridized carbons (Fsp3) is 0.333. The molecule has 0 amide bonds. The maximum atomic E-state index is 10.7. The number of nitrogens with one attached hydrogen (secondary N) is 1. The van der Waals surface area contributed by atoms with Crippen LogP contribution in [0.25, 0.3) is 0 Å². The maximum Gasteiger partial charge on any atom is 0.311 e. The van der Waals surface area contributed by atoms with Crippen LogP contribution in [0.4, 0.5) is 11.5 Å². The average molecular weight is 221 g/mol. The zero-order chi connectivity index (χ0) is 11.5. The fourth-order valence-corrected chi connectivity index (χ4v) is 1.19. The molecule has 0 spiro atoms. The first-order valence-corrected chi connectivity index (χ1v) is 4.86. The molecule has 7 nitrogen and oxygen atoms in total. The molecule has 1 aromatic rings. The van der Waals surface area contributed by atoms with Gasteiger partial charge in [0.1, 0.15) is 0 Å². The summed E-state index contributed by atoms with van der Waals surface area (Å²) >= 11 is 0. The van der Waals surface area contributed by atoms with Crippen molar-refractivity contribution in [3.8, 4) is 0 Å². The van der Waals surface area contributed by atoms with Gasteiger partial charge in [0.2, 0.25) is 5.82 Å². The van der Waals surface area contributed by atoms with Crippen molar-refractivity contribution in [2.45, 2.75) is 18.9 Å². The van der Waals surface area contributed by atoms with Crippen molar-refractivity contribution in [2.75, 3.05) is 5.32 Å². The number of anilines is 1. The van der Waals surface area contributed by atoms with Gasteiger partial charge in [-0.25, -0.2) is 9.98 Å². The van der Waals surface area contributed by atoms with Gasteiger partial charge >= 0.3 is 5.69 Å². The predicted molar refractivity (Wildman–Crippen MR) is 59.2 cm³/mol. The lowest BCUT2D eigenvalue weighted by Gasteiger charge is -2.04. The molecule has 0 atom stereocenters. The lowest BCUT2D eigenvalue weighted by molar-refractivity contribution is -0.384. The summed E-state index contributed by atoms with van der Waals surface area (Å²) in [4.78, 5) is 18.1. The average Bonchev–Trinajstić information content (AvgIpc) is 3.02. The standard InChI is InChI=1S/C9H11N5O2/c10-9(12-6-3-4-6)13-8-7(14(15)16)2-1-5-11-8/h1-2,5-6H,3-4H2,(H3,10,11,12,13). The monoisotopic (exact) mass is 221 g/mol. The zero-order valence-corrected chi connectivity index (χ0v) is 8.46. The molecule has 0 aromatic carbocycles. The molecule has 0 bridgehead atoms. The highest BCUT2D eigenvalue weighted by Crippen LogP contribution is 2.24. The Morgan fingerprint density at radius 3 is 3.06 bits per heavy atom. The number of aliphatic imine (C=N–C) groups is 1. The number of pyridine rings is 1.